The highest BCUT2D eigenvalue weighted by molar-refractivity contribution is 5.76. The summed E-state index contributed by atoms with van der Waals surface area (Å²) in [5.74, 6) is -0.0485. The number of nitrogens with one attached hydrogen (secondary N) is 1. The fourth-order valence-corrected chi connectivity index (χ4v) is 9.11. The Hall–Kier alpha value is -1.40. The van der Waals surface area contributed by atoms with E-state index in [0.29, 0.717) is 25.9 Å². The molecule has 0 bridgehead atoms. The quantitative estimate of drug-likeness (QED) is 0.0321. The first-order chi connectivity index (χ1) is 31.5. The molecule has 0 aromatic heterocycles. The Labute approximate surface area is 399 Å². The standard InChI is InChI=1S/C58H113NO5/c1-3-5-7-9-11-13-15-17-18-19-20-21-23-27-30-34-38-42-46-50-56(61)55(54-60)59-57(62)51-47-43-39-35-31-28-24-22-25-29-33-37-41-45-49-53-64-58(63)52-48-44-40-36-32-26-16-14-12-10-8-6-4-2/h14,16,55-56,60-61H,3-13,15,17-54H2,1-2H3,(H,59,62)/b16-14-. The van der Waals surface area contributed by atoms with Crippen LogP contribution in [0.4, 0.5) is 0 Å². The molecule has 380 valence electrons. The van der Waals surface area contributed by atoms with Crippen LogP contribution >= 0.6 is 0 Å². The Morgan fingerprint density at radius 2 is 0.734 bits per heavy atom. The van der Waals surface area contributed by atoms with Crippen molar-refractivity contribution in [3.8, 4) is 0 Å². The average molecular weight is 905 g/mol. The molecule has 0 aromatic rings. The van der Waals surface area contributed by atoms with Crippen LogP contribution < -0.4 is 5.32 Å². The molecule has 2 atom stereocenters. The number of aliphatic hydroxyl groups is 2. The van der Waals surface area contributed by atoms with Gasteiger partial charge in [-0.25, -0.2) is 0 Å². The molecule has 0 fully saturated rings. The maximum atomic E-state index is 12.5. The molecule has 2 unspecified atom stereocenters. The number of rotatable bonds is 54. The minimum absolute atomic E-state index is 0.00777. The molecule has 0 aliphatic carbocycles. The van der Waals surface area contributed by atoms with Gasteiger partial charge in [-0.3, -0.25) is 9.59 Å². The Balaban J connectivity index is 3.43. The van der Waals surface area contributed by atoms with Gasteiger partial charge in [-0.15, -0.1) is 0 Å². The third-order valence-electron chi connectivity index (χ3n) is 13.6. The summed E-state index contributed by atoms with van der Waals surface area (Å²) in [5, 5.41) is 23.3. The van der Waals surface area contributed by atoms with Crippen molar-refractivity contribution in [2.75, 3.05) is 13.2 Å². The highest BCUT2D eigenvalue weighted by Crippen LogP contribution is 2.18. The van der Waals surface area contributed by atoms with E-state index in [1.54, 1.807) is 0 Å². The van der Waals surface area contributed by atoms with E-state index in [1.807, 2.05) is 0 Å². The largest absolute Gasteiger partial charge is 0.466 e. The SMILES string of the molecule is CCCCCC/C=C\CCCCCCCC(=O)OCCCCCCCCCCCCCCCCCC(=O)NC(CO)C(O)CCCCCCCCCCCCCCCCCCCCC. The molecule has 0 aliphatic heterocycles. The molecule has 0 heterocycles. The van der Waals surface area contributed by atoms with Gasteiger partial charge < -0.3 is 20.3 Å². The molecule has 0 aromatic carbocycles. The summed E-state index contributed by atoms with van der Waals surface area (Å²) in [5.41, 5.74) is 0. The first kappa shape index (κ1) is 62.6. The molecule has 0 radical (unpaired) electrons. The average Bonchev–Trinajstić information content (AvgIpc) is 3.29. The number of amides is 1. The molecule has 0 aliphatic rings. The topological polar surface area (TPSA) is 95.9 Å². The van der Waals surface area contributed by atoms with Gasteiger partial charge in [-0.05, 0) is 51.4 Å². The molecule has 64 heavy (non-hydrogen) atoms. The van der Waals surface area contributed by atoms with Crippen LogP contribution in [0.15, 0.2) is 12.2 Å². The minimum Gasteiger partial charge on any atom is -0.466 e. The van der Waals surface area contributed by atoms with Crippen molar-refractivity contribution in [3.63, 3.8) is 0 Å². The van der Waals surface area contributed by atoms with E-state index in [-0.39, 0.29) is 18.5 Å². The zero-order valence-electron chi connectivity index (χ0n) is 43.3. The number of carbonyl (C=O) groups excluding carboxylic acids is 2. The smallest absolute Gasteiger partial charge is 0.305 e. The highest BCUT2D eigenvalue weighted by Gasteiger charge is 2.20. The van der Waals surface area contributed by atoms with E-state index in [1.165, 1.54) is 238 Å². The molecule has 0 spiro atoms. The normalized spacial score (nSPS) is 12.6. The summed E-state index contributed by atoms with van der Waals surface area (Å²) in [6.45, 7) is 4.94. The lowest BCUT2D eigenvalue weighted by atomic mass is 10.0. The monoisotopic (exact) mass is 904 g/mol. The number of aliphatic hydroxyl groups excluding tert-OH is 2. The Bertz CT molecular complexity index is 955. The van der Waals surface area contributed by atoms with E-state index in [0.717, 1.165) is 51.4 Å². The second-order valence-corrected chi connectivity index (χ2v) is 20.0. The third-order valence-corrected chi connectivity index (χ3v) is 13.6. The number of esters is 1. The van der Waals surface area contributed by atoms with Gasteiger partial charge in [0.05, 0.1) is 25.4 Å². The molecule has 3 N–H and O–H groups in total. The summed E-state index contributed by atoms with van der Waals surface area (Å²) >= 11 is 0. The highest BCUT2D eigenvalue weighted by atomic mass is 16.5. The number of carbonyl (C=O) groups is 2. The lowest BCUT2D eigenvalue weighted by Gasteiger charge is -2.22. The van der Waals surface area contributed by atoms with Crippen LogP contribution in [0.1, 0.15) is 322 Å². The first-order valence-electron chi connectivity index (χ1n) is 28.9. The molecule has 0 saturated heterocycles. The van der Waals surface area contributed by atoms with Crippen LogP contribution in [0.5, 0.6) is 0 Å². The predicted molar refractivity (Wildman–Crippen MR) is 278 cm³/mol. The van der Waals surface area contributed by atoms with Crippen molar-refractivity contribution in [1.82, 2.24) is 5.32 Å². The van der Waals surface area contributed by atoms with E-state index >= 15 is 0 Å². The lowest BCUT2D eigenvalue weighted by molar-refractivity contribution is -0.143. The van der Waals surface area contributed by atoms with Gasteiger partial charge in [0.25, 0.3) is 0 Å². The number of allylic oxidation sites excluding steroid dienone is 2. The van der Waals surface area contributed by atoms with E-state index in [4.69, 9.17) is 4.74 Å². The van der Waals surface area contributed by atoms with Gasteiger partial charge in [0.2, 0.25) is 5.91 Å². The molecule has 0 saturated carbocycles. The Morgan fingerprint density at radius 3 is 1.12 bits per heavy atom. The third kappa shape index (κ3) is 50.0. The lowest BCUT2D eigenvalue weighted by Crippen LogP contribution is -2.45. The first-order valence-corrected chi connectivity index (χ1v) is 28.9. The van der Waals surface area contributed by atoms with Crippen LogP contribution in [-0.4, -0.2) is 47.4 Å². The predicted octanol–water partition coefficient (Wildman–Crippen LogP) is 17.7. The van der Waals surface area contributed by atoms with Crippen molar-refractivity contribution < 1.29 is 24.5 Å². The maximum Gasteiger partial charge on any atom is 0.305 e. The van der Waals surface area contributed by atoms with E-state index < -0.39 is 12.1 Å². The van der Waals surface area contributed by atoms with Gasteiger partial charge in [0, 0.05) is 12.8 Å². The zero-order valence-corrected chi connectivity index (χ0v) is 43.3. The van der Waals surface area contributed by atoms with E-state index in [9.17, 15) is 19.8 Å². The van der Waals surface area contributed by atoms with Crippen molar-refractivity contribution in [2.45, 2.75) is 334 Å². The van der Waals surface area contributed by atoms with Crippen LogP contribution in [0.25, 0.3) is 0 Å². The summed E-state index contributed by atoms with van der Waals surface area (Å²) in [4.78, 5) is 24.5. The number of hydrogen-bond acceptors (Lipinski definition) is 5. The maximum absolute atomic E-state index is 12.5. The number of ether oxygens (including phenoxy) is 1. The van der Waals surface area contributed by atoms with Crippen molar-refractivity contribution in [2.24, 2.45) is 0 Å². The van der Waals surface area contributed by atoms with E-state index in [2.05, 4.69) is 31.3 Å². The van der Waals surface area contributed by atoms with Gasteiger partial charge >= 0.3 is 5.97 Å². The van der Waals surface area contributed by atoms with Crippen molar-refractivity contribution in [3.05, 3.63) is 12.2 Å². The summed E-state index contributed by atoms with van der Waals surface area (Å²) < 4.78 is 5.46. The minimum atomic E-state index is -0.670. The molecule has 6 nitrogen and oxygen atoms in total. The summed E-state index contributed by atoms with van der Waals surface area (Å²) in [6, 6.07) is -0.548. The zero-order chi connectivity index (χ0) is 46.5. The van der Waals surface area contributed by atoms with Crippen LogP contribution in [0, 0.1) is 0 Å². The molecular formula is C58H113NO5. The molecular weight excluding hydrogens is 791 g/mol. The Morgan fingerprint density at radius 1 is 0.422 bits per heavy atom. The summed E-state index contributed by atoms with van der Waals surface area (Å²) in [6.07, 6.45) is 63.4. The fourth-order valence-electron chi connectivity index (χ4n) is 9.11. The van der Waals surface area contributed by atoms with Crippen molar-refractivity contribution in [1.29, 1.82) is 0 Å². The van der Waals surface area contributed by atoms with Crippen LogP contribution in [0.3, 0.4) is 0 Å². The molecule has 6 heteroatoms. The Kier molecular flexibility index (Phi) is 53.0. The van der Waals surface area contributed by atoms with Gasteiger partial charge in [-0.1, -0.05) is 270 Å². The summed E-state index contributed by atoms with van der Waals surface area (Å²) in [7, 11) is 0. The second-order valence-electron chi connectivity index (χ2n) is 20.0. The second kappa shape index (κ2) is 54.2. The van der Waals surface area contributed by atoms with Crippen molar-refractivity contribution >= 4 is 11.9 Å². The van der Waals surface area contributed by atoms with Crippen LogP contribution in [0.2, 0.25) is 0 Å². The van der Waals surface area contributed by atoms with Crippen LogP contribution in [-0.2, 0) is 14.3 Å². The van der Waals surface area contributed by atoms with Gasteiger partial charge in [0.15, 0.2) is 0 Å². The number of unbranched alkanes of at least 4 members (excludes halogenated alkanes) is 41. The molecule has 0 rings (SSSR count). The van der Waals surface area contributed by atoms with Gasteiger partial charge in [-0.2, -0.15) is 0 Å². The van der Waals surface area contributed by atoms with Gasteiger partial charge in [0.1, 0.15) is 0 Å². The number of hydrogen-bond donors (Lipinski definition) is 3. The fraction of sp³-hybridized carbons (Fsp3) is 0.931. The molecule has 1 amide bonds.